The maximum atomic E-state index is 13.4. The number of hydrogen-bond donors (Lipinski definition) is 1. The lowest BCUT2D eigenvalue weighted by molar-refractivity contribution is -0.120. The first kappa shape index (κ1) is 25.5. The second kappa shape index (κ2) is 10.6. The standard InChI is InChI=1S/C23H23ClFN3O5S2/c1-14-9-18(35(31,32)17-4-2-3-16(24)11-17)12-21(29)28(14)19(10-15-5-7-33-8-6-15)22(30)27-23-26-13-20(25)34-23/h2-4,9,11-13,15,19H,5-8,10H2,1H3,(H,26,27,30). The van der Waals surface area contributed by atoms with Crippen molar-refractivity contribution in [1.82, 2.24) is 9.55 Å². The number of amides is 1. The van der Waals surface area contributed by atoms with Crippen molar-refractivity contribution >= 4 is 43.8 Å². The van der Waals surface area contributed by atoms with Gasteiger partial charge in [0.2, 0.25) is 15.7 Å². The van der Waals surface area contributed by atoms with E-state index in [1.165, 1.54) is 28.8 Å². The number of ether oxygens (including phenoxy) is 1. The van der Waals surface area contributed by atoms with Gasteiger partial charge in [-0.25, -0.2) is 13.4 Å². The van der Waals surface area contributed by atoms with Crippen LogP contribution in [0.2, 0.25) is 5.02 Å². The van der Waals surface area contributed by atoms with Crippen LogP contribution in [0.15, 0.2) is 57.2 Å². The summed E-state index contributed by atoms with van der Waals surface area (Å²) in [6.45, 7) is 2.69. The number of aryl methyl sites for hydroxylation is 1. The largest absolute Gasteiger partial charge is 0.381 e. The van der Waals surface area contributed by atoms with Crippen LogP contribution in [0.25, 0.3) is 0 Å². The quantitative estimate of drug-likeness (QED) is 0.481. The first-order chi connectivity index (χ1) is 16.6. The minimum Gasteiger partial charge on any atom is -0.381 e. The highest BCUT2D eigenvalue weighted by Gasteiger charge is 2.30. The van der Waals surface area contributed by atoms with E-state index < -0.39 is 32.5 Å². The van der Waals surface area contributed by atoms with Crippen LogP contribution < -0.4 is 10.9 Å². The Morgan fingerprint density at radius 3 is 2.66 bits per heavy atom. The highest BCUT2D eigenvalue weighted by Crippen LogP contribution is 2.29. The molecule has 0 radical (unpaired) electrons. The van der Waals surface area contributed by atoms with Gasteiger partial charge in [-0.15, -0.1) is 0 Å². The normalized spacial score (nSPS) is 15.6. The van der Waals surface area contributed by atoms with E-state index in [2.05, 4.69) is 10.3 Å². The number of benzene rings is 1. The summed E-state index contributed by atoms with van der Waals surface area (Å²) in [5, 5.41) is 2.37. The van der Waals surface area contributed by atoms with E-state index in [-0.39, 0.29) is 25.9 Å². The lowest BCUT2D eigenvalue weighted by Gasteiger charge is -2.28. The molecule has 1 saturated heterocycles. The maximum Gasteiger partial charge on any atom is 0.252 e. The molecule has 1 atom stereocenters. The van der Waals surface area contributed by atoms with Crippen LogP contribution in [0.3, 0.4) is 0 Å². The third-order valence-electron chi connectivity index (χ3n) is 5.87. The summed E-state index contributed by atoms with van der Waals surface area (Å²) in [6, 6.07) is 7.21. The lowest BCUT2D eigenvalue weighted by atomic mass is 9.91. The number of hydrogen-bond acceptors (Lipinski definition) is 7. The van der Waals surface area contributed by atoms with Crippen molar-refractivity contribution in [1.29, 1.82) is 0 Å². The van der Waals surface area contributed by atoms with Gasteiger partial charge in [0.15, 0.2) is 10.3 Å². The molecule has 4 rings (SSSR count). The van der Waals surface area contributed by atoms with Gasteiger partial charge in [-0.1, -0.05) is 29.0 Å². The van der Waals surface area contributed by atoms with Crippen LogP contribution in [-0.4, -0.2) is 37.1 Å². The van der Waals surface area contributed by atoms with Gasteiger partial charge in [0, 0.05) is 30.0 Å². The molecule has 1 aliphatic rings. The Balaban J connectivity index is 1.72. The van der Waals surface area contributed by atoms with Gasteiger partial charge >= 0.3 is 0 Å². The Labute approximate surface area is 210 Å². The molecule has 3 aromatic rings. The molecule has 186 valence electrons. The molecule has 1 amide bonds. The van der Waals surface area contributed by atoms with Gasteiger partial charge in [-0.3, -0.25) is 9.59 Å². The average molecular weight is 540 g/mol. The molecule has 2 aromatic heterocycles. The first-order valence-electron chi connectivity index (χ1n) is 10.9. The number of aromatic nitrogens is 2. The summed E-state index contributed by atoms with van der Waals surface area (Å²) in [5.41, 5.74) is -0.334. The van der Waals surface area contributed by atoms with Gasteiger partial charge in [0.25, 0.3) is 5.56 Å². The van der Waals surface area contributed by atoms with E-state index in [1.807, 2.05) is 0 Å². The molecule has 1 aliphatic heterocycles. The summed E-state index contributed by atoms with van der Waals surface area (Å²) < 4.78 is 46.3. The summed E-state index contributed by atoms with van der Waals surface area (Å²) in [6.07, 6.45) is 2.79. The van der Waals surface area contributed by atoms with Crippen LogP contribution >= 0.6 is 22.9 Å². The summed E-state index contributed by atoms with van der Waals surface area (Å²) >= 11 is 6.63. The monoisotopic (exact) mass is 539 g/mol. The highest BCUT2D eigenvalue weighted by atomic mass is 35.5. The minimum atomic E-state index is -4.01. The van der Waals surface area contributed by atoms with Crippen molar-refractivity contribution in [2.45, 2.75) is 42.0 Å². The number of rotatable bonds is 7. The van der Waals surface area contributed by atoms with Crippen molar-refractivity contribution in [3.05, 3.63) is 68.8 Å². The summed E-state index contributed by atoms with van der Waals surface area (Å²) in [5.74, 6) is -0.407. The molecule has 35 heavy (non-hydrogen) atoms. The molecule has 8 nitrogen and oxygen atoms in total. The summed E-state index contributed by atoms with van der Waals surface area (Å²) in [4.78, 5) is 30.1. The van der Waals surface area contributed by atoms with Crippen LogP contribution in [0, 0.1) is 18.0 Å². The Hall–Kier alpha value is -2.60. The molecule has 0 bridgehead atoms. The molecule has 1 unspecified atom stereocenters. The van der Waals surface area contributed by atoms with Crippen molar-refractivity contribution in [2.75, 3.05) is 18.5 Å². The number of carbonyl (C=O) groups is 1. The zero-order chi connectivity index (χ0) is 25.2. The van der Waals surface area contributed by atoms with Crippen molar-refractivity contribution < 1.29 is 22.3 Å². The van der Waals surface area contributed by atoms with Gasteiger partial charge in [0.05, 0.1) is 16.0 Å². The van der Waals surface area contributed by atoms with Crippen molar-refractivity contribution in [3.8, 4) is 0 Å². The van der Waals surface area contributed by atoms with E-state index in [1.54, 1.807) is 13.0 Å². The zero-order valence-corrected chi connectivity index (χ0v) is 21.1. The maximum absolute atomic E-state index is 13.4. The fourth-order valence-electron chi connectivity index (χ4n) is 4.14. The fraction of sp³-hybridized carbons (Fsp3) is 0.348. The van der Waals surface area contributed by atoms with Gasteiger partial charge < -0.3 is 14.6 Å². The highest BCUT2D eigenvalue weighted by molar-refractivity contribution is 7.91. The second-order valence-electron chi connectivity index (χ2n) is 8.27. The average Bonchev–Trinajstić information content (AvgIpc) is 3.22. The molecule has 3 heterocycles. The minimum absolute atomic E-state index is 0.0381. The third kappa shape index (κ3) is 5.80. The molecule has 12 heteroatoms. The zero-order valence-electron chi connectivity index (χ0n) is 18.7. The van der Waals surface area contributed by atoms with Gasteiger partial charge in [-0.2, -0.15) is 4.39 Å². The van der Waals surface area contributed by atoms with E-state index >= 15 is 0 Å². The number of nitrogens with one attached hydrogen (secondary N) is 1. The molecular formula is C23H23ClFN3O5S2. The van der Waals surface area contributed by atoms with Crippen molar-refractivity contribution in [2.24, 2.45) is 5.92 Å². The summed E-state index contributed by atoms with van der Waals surface area (Å²) in [7, 11) is -4.01. The molecule has 1 aromatic carbocycles. The van der Waals surface area contributed by atoms with Gasteiger partial charge in [-0.05, 0) is 56.4 Å². The molecular weight excluding hydrogens is 517 g/mol. The lowest BCUT2D eigenvalue weighted by Crippen LogP contribution is -2.36. The van der Waals surface area contributed by atoms with Crippen LogP contribution in [-0.2, 0) is 19.4 Å². The molecule has 1 N–H and O–H groups in total. The van der Waals surface area contributed by atoms with Crippen LogP contribution in [0.5, 0.6) is 0 Å². The van der Waals surface area contributed by atoms with E-state index in [0.29, 0.717) is 36.7 Å². The first-order valence-corrected chi connectivity index (χ1v) is 13.6. The Kier molecular flexibility index (Phi) is 7.70. The van der Waals surface area contributed by atoms with Crippen molar-refractivity contribution in [3.63, 3.8) is 0 Å². The number of anilines is 1. The molecule has 0 spiro atoms. The Morgan fingerprint density at radius 1 is 1.29 bits per heavy atom. The number of halogens is 2. The number of sulfone groups is 1. The van der Waals surface area contributed by atoms with E-state index in [0.717, 1.165) is 25.1 Å². The number of nitrogens with zero attached hydrogens (tertiary/aromatic N) is 2. The predicted octanol–water partition coefficient (Wildman–Crippen LogP) is 4.24. The molecule has 0 saturated carbocycles. The molecule has 0 aliphatic carbocycles. The number of thiazole rings is 1. The topological polar surface area (TPSA) is 107 Å². The third-order valence-corrected chi connectivity index (χ3v) is 8.54. The molecule has 1 fully saturated rings. The predicted molar refractivity (Wildman–Crippen MR) is 130 cm³/mol. The Bertz CT molecular complexity index is 1400. The van der Waals surface area contributed by atoms with Crippen LogP contribution in [0.4, 0.5) is 9.52 Å². The fourth-order valence-corrected chi connectivity index (χ4v) is 6.33. The number of pyridine rings is 1. The van der Waals surface area contributed by atoms with E-state index in [9.17, 15) is 22.4 Å². The van der Waals surface area contributed by atoms with Crippen LogP contribution in [0.1, 0.15) is 31.0 Å². The van der Waals surface area contributed by atoms with Gasteiger partial charge in [0.1, 0.15) is 6.04 Å². The Morgan fingerprint density at radius 2 is 2.03 bits per heavy atom. The number of carbonyl (C=O) groups excluding carboxylic acids is 1. The van der Waals surface area contributed by atoms with E-state index in [4.69, 9.17) is 16.3 Å². The smallest absolute Gasteiger partial charge is 0.252 e. The second-order valence-corrected chi connectivity index (χ2v) is 11.6. The SMILES string of the molecule is Cc1cc(S(=O)(=O)c2cccc(Cl)c2)cc(=O)n1C(CC1CCOCC1)C(=O)Nc1ncc(F)s1.